The number of anilines is 1. The van der Waals surface area contributed by atoms with Crippen molar-refractivity contribution in [2.75, 3.05) is 31.2 Å². The lowest BCUT2D eigenvalue weighted by atomic mass is 10.1. The van der Waals surface area contributed by atoms with E-state index in [1.165, 1.54) is 10.8 Å². The van der Waals surface area contributed by atoms with Gasteiger partial charge in [-0.05, 0) is 52.7 Å². The van der Waals surface area contributed by atoms with Crippen molar-refractivity contribution in [1.82, 2.24) is 0 Å². The highest BCUT2D eigenvalue weighted by Crippen LogP contribution is 2.19. The number of benzene rings is 3. The predicted molar refractivity (Wildman–Crippen MR) is 107 cm³/mol. The molecule has 0 saturated carbocycles. The predicted octanol–water partition coefficient (Wildman–Crippen LogP) is 4.57. The Labute approximate surface area is 153 Å². The molecule has 1 aliphatic heterocycles. The van der Waals surface area contributed by atoms with E-state index >= 15 is 0 Å². The highest BCUT2D eigenvalue weighted by Gasteiger charge is 2.11. The molecule has 0 aromatic heterocycles. The molecule has 3 heteroatoms. The highest BCUT2D eigenvalue weighted by molar-refractivity contribution is 6.07. The molecule has 0 N–H and O–H groups in total. The minimum atomic E-state index is 0.0201. The summed E-state index contributed by atoms with van der Waals surface area (Å²) in [5.74, 6) is 0.0201. The zero-order chi connectivity index (χ0) is 17.8. The first-order valence-electron chi connectivity index (χ1n) is 8.93. The minimum absolute atomic E-state index is 0.0201. The second kappa shape index (κ2) is 7.54. The first-order valence-corrected chi connectivity index (χ1v) is 8.93. The Bertz CT molecular complexity index is 938. The average Bonchev–Trinajstić information content (AvgIpc) is 2.72. The van der Waals surface area contributed by atoms with Crippen molar-refractivity contribution in [2.45, 2.75) is 0 Å². The van der Waals surface area contributed by atoms with Crippen LogP contribution in [0.2, 0.25) is 0 Å². The second-order valence-corrected chi connectivity index (χ2v) is 6.45. The van der Waals surface area contributed by atoms with Crippen LogP contribution in [-0.4, -0.2) is 32.1 Å². The van der Waals surface area contributed by atoms with Crippen molar-refractivity contribution in [1.29, 1.82) is 0 Å². The molecule has 0 atom stereocenters. The van der Waals surface area contributed by atoms with Crippen molar-refractivity contribution >= 4 is 28.3 Å². The van der Waals surface area contributed by atoms with Crippen molar-refractivity contribution < 1.29 is 9.53 Å². The number of carbonyl (C=O) groups excluding carboxylic acids is 1. The maximum Gasteiger partial charge on any atom is 0.185 e. The zero-order valence-electron chi connectivity index (χ0n) is 14.6. The van der Waals surface area contributed by atoms with Crippen LogP contribution in [0.1, 0.15) is 15.9 Å². The van der Waals surface area contributed by atoms with Crippen LogP contribution in [-0.2, 0) is 4.74 Å². The molecule has 0 unspecified atom stereocenters. The monoisotopic (exact) mass is 343 g/mol. The number of hydrogen-bond acceptors (Lipinski definition) is 3. The van der Waals surface area contributed by atoms with E-state index in [9.17, 15) is 4.79 Å². The fourth-order valence-corrected chi connectivity index (χ4v) is 3.24. The fraction of sp³-hybridized carbons (Fsp3) is 0.174. The lowest BCUT2D eigenvalue weighted by molar-refractivity contribution is 0.104. The van der Waals surface area contributed by atoms with E-state index in [-0.39, 0.29) is 5.78 Å². The summed E-state index contributed by atoms with van der Waals surface area (Å²) in [6.07, 6.45) is 3.53. The number of nitrogens with zero attached hydrogens (tertiary/aromatic N) is 1. The van der Waals surface area contributed by atoms with E-state index in [0.717, 1.165) is 37.6 Å². The number of hydrogen-bond donors (Lipinski definition) is 0. The first kappa shape index (κ1) is 16.6. The molecule has 1 saturated heterocycles. The third-order valence-electron chi connectivity index (χ3n) is 4.73. The van der Waals surface area contributed by atoms with Gasteiger partial charge in [-0.15, -0.1) is 0 Å². The van der Waals surface area contributed by atoms with Gasteiger partial charge in [0.2, 0.25) is 0 Å². The molecular weight excluding hydrogens is 322 g/mol. The van der Waals surface area contributed by atoms with Gasteiger partial charge in [0.15, 0.2) is 5.78 Å². The molecule has 0 aliphatic carbocycles. The molecule has 4 rings (SSSR count). The molecule has 26 heavy (non-hydrogen) atoms. The number of morpholine rings is 1. The summed E-state index contributed by atoms with van der Waals surface area (Å²) in [4.78, 5) is 14.7. The SMILES string of the molecule is O=C(/C=C/c1ccc2ccccc2c1)c1ccc(N2CCOCC2)cc1. The summed E-state index contributed by atoms with van der Waals surface area (Å²) in [6, 6.07) is 22.3. The Morgan fingerprint density at radius 2 is 1.62 bits per heavy atom. The quantitative estimate of drug-likeness (QED) is 0.513. The fourth-order valence-electron chi connectivity index (χ4n) is 3.24. The van der Waals surface area contributed by atoms with Crippen LogP contribution in [0, 0.1) is 0 Å². The topological polar surface area (TPSA) is 29.5 Å². The largest absolute Gasteiger partial charge is 0.378 e. The molecule has 1 heterocycles. The summed E-state index contributed by atoms with van der Waals surface area (Å²) in [5.41, 5.74) is 2.88. The molecule has 0 amide bonds. The molecular formula is C23H21NO2. The average molecular weight is 343 g/mol. The molecule has 1 fully saturated rings. The molecule has 0 radical (unpaired) electrons. The number of rotatable bonds is 4. The van der Waals surface area contributed by atoms with Crippen LogP contribution >= 0.6 is 0 Å². The molecule has 0 spiro atoms. The molecule has 0 bridgehead atoms. The Hall–Kier alpha value is -2.91. The van der Waals surface area contributed by atoms with Gasteiger partial charge in [-0.1, -0.05) is 42.5 Å². The number of fused-ring (bicyclic) bond motifs is 1. The van der Waals surface area contributed by atoms with Crippen LogP contribution in [0.3, 0.4) is 0 Å². The second-order valence-electron chi connectivity index (χ2n) is 6.45. The molecule has 3 aromatic carbocycles. The zero-order valence-corrected chi connectivity index (χ0v) is 14.6. The van der Waals surface area contributed by atoms with Crippen LogP contribution < -0.4 is 4.90 Å². The van der Waals surface area contributed by atoms with Gasteiger partial charge in [-0.2, -0.15) is 0 Å². The van der Waals surface area contributed by atoms with Gasteiger partial charge in [0, 0.05) is 24.3 Å². The van der Waals surface area contributed by atoms with Crippen molar-refractivity contribution in [3.63, 3.8) is 0 Å². The van der Waals surface area contributed by atoms with Crippen molar-refractivity contribution in [2.24, 2.45) is 0 Å². The van der Waals surface area contributed by atoms with Gasteiger partial charge in [-0.25, -0.2) is 0 Å². The number of ketones is 1. The summed E-state index contributed by atoms with van der Waals surface area (Å²) in [6.45, 7) is 3.31. The van der Waals surface area contributed by atoms with Gasteiger partial charge >= 0.3 is 0 Å². The Morgan fingerprint density at radius 3 is 2.38 bits per heavy atom. The number of ether oxygens (including phenoxy) is 1. The molecule has 3 aromatic rings. The molecule has 130 valence electrons. The van der Waals surface area contributed by atoms with Gasteiger partial charge < -0.3 is 9.64 Å². The van der Waals surface area contributed by atoms with E-state index in [1.807, 2.05) is 48.5 Å². The van der Waals surface area contributed by atoms with E-state index in [0.29, 0.717) is 5.56 Å². The van der Waals surface area contributed by atoms with E-state index in [1.54, 1.807) is 6.08 Å². The van der Waals surface area contributed by atoms with E-state index < -0.39 is 0 Å². The number of allylic oxidation sites excluding steroid dienone is 1. The Kier molecular flexibility index (Phi) is 4.80. The summed E-state index contributed by atoms with van der Waals surface area (Å²) >= 11 is 0. The Morgan fingerprint density at radius 1 is 0.885 bits per heavy atom. The van der Waals surface area contributed by atoms with Crippen LogP contribution in [0.5, 0.6) is 0 Å². The van der Waals surface area contributed by atoms with E-state index in [4.69, 9.17) is 4.74 Å². The molecule has 3 nitrogen and oxygen atoms in total. The van der Waals surface area contributed by atoms with Gasteiger partial charge in [0.1, 0.15) is 0 Å². The van der Waals surface area contributed by atoms with Crippen LogP contribution in [0.15, 0.2) is 72.8 Å². The summed E-state index contributed by atoms with van der Waals surface area (Å²) < 4.78 is 5.38. The standard InChI is InChI=1S/C23H21NO2/c25-23(12-6-18-5-7-19-3-1-2-4-21(19)17-18)20-8-10-22(11-9-20)24-13-15-26-16-14-24/h1-12,17H,13-16H2/b12-6+. The van der Waals surface area contributed by atoms with E-state index in [2.05, 4.69) is 29.2 Å². The smallest absolute Gasteiger partial charge is 0.185 e. The maximum atomic E-state index is 12.4. The van der Waals surface area contributed by atoms with Crippen molar-refractivity contribution in [3.8, 4) is 0 Å². The summed E-state index contributed by atoms with van der Waals surface area (Å²) in [5, 5.41) is 2.38. The van der Waals surface area contributed by atoms with Crippen molar-refractivity contribution in [3.05, 3.63) is 83.9 Å². The third kappa shape index (κ3) is 3.68. The van der Waals surface area contributed by atoms with Gasteiger partial charge in [-0.3, -0.25) is 4.79 Å². The van der Waals surface area contributed by atoms with Crippen LogP contribution in [0.25, 0.3) is 16.8 Å². The third-order valence-corrected chi connectivity index (χ3v) is 4.73. The highest BCUT2D eigenvalue weighted by atomic mass is 16.5. The van der Waals surface area contributed by atoms with Gasteiger partial charge in [0.25, 0.3) is 0 Å². The number of carbonyl (C=O) groups is 1. The summed E-state index contributed by atoms with van der Waals surface area (Å²) in [7, 11) is 0. The molecule has 1 aliphatic rings. The maximum absolute atomic E-state index is 12.4. The Balaban J connectivity index is 1.47. The lowest BCUT2D eigenvalue weighted by Crippen LogP contribution is -2.36. The normalized spacial score (nSPS) is 14.8. The lowest BCUT2D eigenvalue weighted by Gasteiger charge is -2.28. The van der Waals surface area contributed by atoms with Gasteiger partial charge in [0.05, 0.1) is 13.2 Å². The minimum Gasteiger partial charge on any atom is -0.378 e. The first-order chi connectivity index (χ1) is 12.8. The van der Waals surface area contributed by atoms with Crippen LogP contribution in [0.4, 0.5) is 5.69 Å².